The highest BCUT2D eigenvalue weighted by Gasteiger charge is 2.30. The molecule has 1 unspecified atom stereocenters. The molecule has 0 saturated heterocycles. The van der Waals surface area contributed by atoms with E-state index in [2.05, 4.69) is 10.6 Å². The number of amides is 2. The van der Waals surface area contributed by atoms with Gasteiger partial charge in [-0.05, 0) is 49.7 Å². The summed E-state index contributed by atoms with van der Waals surface area (Å²) >= 11 is 0. The predicted molar refractivity (Wildman–Crippen MR) is 105 cm³/mol. The van der Waals surface area contributed by atoms with Gasteiger partial charge in [0.25, 0.3) is 5.91 Å². The molecule has 1 atom stereocenters. The summed E-state index contributed by atoms with van der Waals surface area (Å²) in [6.45, 7) is 1.80. The predicted octanol–water partition coefficient (Wildman–Crippen LogP) is 4.45. The first-order valence-corrected chi connectivity index (χ1v) is 8.29. The van der Waals surface area contributed by atoms with Crippen molar-refractivity contribution in [2.45, 2.75) is 32.0 Å². The molecule has 0 aliphatic carbocycles. The highest BCUT2D eigenvalue weighted by molar-refractivity contribution is 6.05. The second-order valence-electron chi connectivity index (χ2n) is 6.18. The minimum absolute atomic E-state index is 0. The molecule has 4 N–H and O–H groups in total. The third-order valence-corrected chi connectivity index (χ3v) is 3.68. The first kappa shape index (κ1) is 23.5. The smallest absolute Gasteiger partial charge is 0.328 e. The average molecular weight is 416 g/mol. The molecule has 0 spiro atoms. The Labute approximate surface area is 166 Å². The van der Waals surface area contributed by atoms with Gasteiger partial charge in [0.2, 0.25) is 5.91 Å². The Balaban J connectivity index is 0.00000392. The molecule has 0 fully saturated rings. The lowest BCUT2D eigenvalue weighted by Crippen LogP contribution is -2.19. The van der Waals surface area contributed by atoms with Gasteiger partial charge in [0.05, 0.1) is 5.56 Å². The first-order chi connectivity index (χ1) is 12.6. The SMILES string of the molecule is CC(N)CCC(=O)Nc1cccc(C(=O)Nc2cccc(C(F)(F)F)c2)c1.Cl. The number of anilines is 2. The van der Waals surface area contributed by atoms with Gasteiger partial charge in [0.15, 0.2) is 0 Å². The van der Waals surface area contributed by atoms with Crippen molar-refractivity contribution < 1.29 is 22.8 Å². The van der Waals surface area contributed by atoms with Crippen molar-refractivity contribution in [2.24, 2.45) is 5.73 Å². The van der Waals surface area contributed by atoms with Gasteiger partial charge in [-0.2, -0.15) is 13.2 Å². The van der Waals surface area contributed by atoms with Crippen LogP contribution in [0.1, 0.15) is 35.7 Å². The van der Waals surface area contributed by atoms with Crippen LogP contribution in [0.15, 0.2) is 48.5 Å². The third-order valence-electron chi connectivity index (χ3n) is 3.68. The number of rotatable bonds is 6. The zero-order valence-electron chi connectivity index (χ0n) is 15.0. The fraction of sp³-hybridized carbons (Fsp3) is 0.263. The van der Waals surface area contributed by atoms with Crippen LogP contribution in [0.2, 0.25) is 0 Å². The standard InChI is InChI=1S/C19H20F3N3O2.ClH/c1-12(23)8-9-17(26)24-15-6-2-4-13(10-15)18(27)25-16-7-3-5-14(11-16)19(20,21)22;/h2-7,10-12H,8-9,23H2,1H3,(H,24,26)(H,25,27);1H. The second-order valence-corrected chi connectivity index (χ2v) is 6.18. The number of alkyl halides is 3. The molecule has 0 aromatic heterocycles. The van der Waals surface area contributed by atoms with E-state index < -0.39 is 17.6 Å². The summed E-state index contributed by atoms with van der Waals surface area (Å²) in [5.41, 5.74) is 5.41. The summed E-state index contributed by atoms with van der Waals surface area (Å²) in [6, 6.07) is 10.4. The van der Waals surface area contributed by atoms with Crippen LogP contribution >= 0.6 is 12.4 Å². The molecular weight excluding hydrogens is 395 g/mol. The number of hydrogen-bond acceptors (Lipinski definition) is 3. The monoisotopic (exact) mass is 415 g/mol. The summed E-state index contributed by atoms with van der Waals surface area (Å²) in [5, 5.41) is 5.09. The van der Waals surface area contributed by atoms with Crippen LogP contribution in [0.5, 0.6) is 0 Å². The Bertz CT molecular complexity index is 826. The molecular formula is C19H21ClF3N3O2. The molecule has 0 heterocycles. The van der Waals surface area contributed by atoms with Crippen molar-refractivity contribution in [1.29, 1.82) is 0 Å². The molecule has 2 aromatic carbocycles. The molecule has 0 bridgehead atoms. The van der Waals surface area contributed by atoms with Crippen LogP contribution in [0, 0.1) is 0 Å². The lowest BCUT2D eigenvalue weighted by molar-refractivity contribution is -0.137. The van der Waals surface area contributed by atoms with Crippen LogP contribution in [0.3, 0.4) is 0 Å². The summed E-state index contributed by atoms with van der Waals surface area (Å²) in [5.74, 6) is -0.816. The minimum Gasteiger partial charge on any atom is -0.328 e. The highest BCUT2D eigenvalue weighted by atomic mass is 35.5. The van der Waals surface area contributed by atoms with E-state index in [9.17, 15) is 22.8 Å². The van der Waals surface area contributed by atoms with Crippen molar-refractivity contribution in [3.63, 3.8) is 0 Å². The van der Waals surface area contributed by atoms with E-state index >= 15 is 0 Å². The Morgan fingerprint density at radius 2 is 1.64 bits per heavy atom. The maximum absolute atomic E-state index is 12.8. The van der Waals surface area contributed by atoms with E-state index in [0.717, 1.165) is 12.1 Å². The summed E-state index contributed by atoms with van der Waals surface area (Å²) in [7, 11) is 0. The van der Waals surface area contributed by atoms with Crippen molar-refractivity contribution in [3.05, 3.63) is 59.7 Å². The quantitative estimate of drug-likeness (QED) is 0.651. The molecule has 9 heteroatoms. The van der Waals surface area contributed by atoms with Crippen molar-refractivity contribution in [1.82, 2.24) is 0 Å². The zero-order valence-corrected chi connectivity index (χ0v) is 15.9. The summed E-state index contributed by atoms with van der Waals surface area (Å²) in [6.07, 6.45) is -3.72. The van der Waals surface area contributed by atoms with E-state index in [4.69, 9.17) is 5.73 Å². The molecule has 152 valence electrons. The van der Waals surface area contributed by atoms with Crippen LogP contribution < -0.4 is 16.4 Å². The number of hydrogen-bond donors (Lipinski definition) is 3. The van der Waals surface area contributed by atoms with Crippen LogP contribution in [0.25, 0.3) is 0 Å². The van der Waals surface area contributed by atoms with E-state index in [-0.39, 0.29) is 42.0 Å². The lowest BCUT2D eigenvalue weighted by atomic mass is 10.1. The number of halogens is 4. The molecule has 28 heavy (non-hydrogen) atoms. The highest BCUT2D eigenvalue weighted by Crippen LogP contribution is 2.30. The van der Waals surface area contributed by atoms with E-state index in [1.807, 2.05) is 0 Å². The minimum atomic E-state index is -4.49. The fourth-order valence-electron chi connectivity index (χ4n) is 2.30. The Kier molecular flexibility index (Phi) is 8.46. The van der Waals surface area contributed by atoms with Crippen LogP contribution in [-0.2, 0) is 11.0 Å². The Hall–Kier alpha value is -2.58. The van der Waals surface area contributed by atoms with E-state index in [1.54, 1.807) is 19.1 Å². The van der Waals surface area contributed by atoms with Gasteiger partial charge >= 0.3 is 6.18 Å². The molecule has 0 aliphatic heterocycles. The lowest BCUT2D eigenvalue weighted by Gasteiger charge is -2.11. The molecule has 2 aromatic rings. The zero-order chi connectivity index (χ0) is 20.0. The molecule has 0 radical (unpaired) electrons. The number of nitrogens with two attached hydrogens (primary N) is 1. The number of benzene rings is 2. The molecule has 2 rings (SSSR count). The molecule has 5 nitrogen and oxygen atoms in total. The van der Waals surface area contributed by atoms with Gasteiger partial charge < -0.3 is 16.4 Å². The largest absolute Gasteiger partial charge is 0.416 e. The summed E-state index contributed by atoms with van der Waals surface area (Å²) < 4.78 is 38.3. The van der Waals surface area contributed by atoms with Crippen molar-refractivity contribution >= 4 is 35.6 Å². The topological polar surface area (TPSA) is 84.2 Å². The number of carbonyl (C=O) groups is 2. The van der Waals surface area contributed by atoms with Crippen molar-refractivity contribution in [3.8, 4) is 0 Å². The Morgan fingerprint density at radius 1 is 1.04 bits per heavy atom. The van der Waals surface area contributed by atoms with Gasteiger partial charge in [-0.3, -0.25) is 9.59 Å². The normalized spacial score (nSPS) is 11.9. The third kappa shape index (κ3) is 7.21. The van der Waals surface area contributed by atoms with Gasteiger partial charge in [0.1, 0.15) is 0 Å². The first-order valence-electron chi connectivity index (χ1n) is 8.29. The molecule has 0 saturated carbocycles. The molecule has 0 aliphatic rings. The second kappa shape index (κ2) is 10.1. The fourth-order valence-corrected chi connectivity index (χ4v) is 2.30. The van der Waals surface area contributed by atoms with Gasteiger partial charge in [-0.15, -0.1) is 12.4 Å². The summed E-state index contributed by atoms with van der Waals surface area (Å²) in [4.78, 5) is 24.2. The maximum atomic E-state index is 12.8. The van der Waals surface area contributed by atoms with E-state index in [1.165, 1.54) is 24.3 Å². The van der Waals surface area contributed by atoms with Crippen LogP contribution in [-0.4, -0.2) is 17.9 Å². The van der Waals surface area contributed by atoms with Gasteiger partial charge in [-0.1, -0.05) is 12.1 Å². The van der Waals surface area contributed by atoms with Gasteiger partial charge in [0, 0.05) is 29.4 Å². The molecule has 2 amide bonds. The number of nitrogens with one attached hydrogen (secondary N) is 2. The number of carbonyl (C=O) groups excluding carboxylic acids is 2. The van der Waals surface area contributed by atoms with Crippen molar-refractivity contribution in [2.75, 3.05) is 10.6 Å². The van der Waals surface area contributed by atoms with E-state index in [0.29, 0.717) is 12.1 Å². The average Bonchev–Trinajstić information content (AvgIpc) is 2.59. The van der Waals surface area contributed by atoms with Crippen LogP contribution in [0.4, 0.5) is 24.5 Å². The Morgan fingerprint density at radius 3 is 2.25 bits per heavy atom. The maximum Gasteiger partial charge on any atom is 0.416 e. The van der Waals surface area contributed by atoms with Gasteiger partial charge in [-0.25, -0.2) is 0 Å².